The maximum atomic E-state index is 13.2. The molecule has 1 amide bonds. The summed E-state index contributed by atoms with van der Waals surface area (Å²) in [5.74, 6) is 0.821. The second kappa shape index (κ2) is 11.6. The van der Waals surface area contributed by atoms with Crippen molar-refractivity contribution >= 4 is 41.5 Å². The average Bonchev–Trinajstić information content (AvgIpc) is 2.71. The van der Waals surface area contributed by atoms with E-state index in [1.54, 1.807) is 6.07 Å². The Balaban J connectivity index is 0.00000363. The van der Waals surface area contributed by atoms with Crippen LogP contribution in [0.3, 0.4) is 0 Å². The fraction of sp³-hybridized carbons (Fsp3) is 0.458. The number of hydrogen-bond acceptors (Lipinski definition) is 4. The molecule has 5 nitrogen and oxygen atoms in total. The van der Waals surface area contributed by atoms with E-state index >= 15 is 0 Å². The van der Waals surface area contributed by atoms with Crippen LogP contribution in [0.2, 0.25) is 10.0 Å². The Labute approximate surface area is 206 Å². The monoisotopic (exact) mass is 500 g/mol. The molecule has 0 bridgehead atoms. The number of amides is 1. The van der Waals surface area contributed by atoms with Gasteiger partial charge in [-0.05, 0) is 62.7 Å². The number of aliphatic hydroxyl groups excluding tert-OH is 1. The maximum Gasteiger partial charge on any atom is 0.227 e. The molecule has 0 aromatic heterocycles. The van der Waals surface area contributed by atoms with Gasteiger partial charge in [0.15, 0.2) is 0 Å². The van der Waals surface area contributed by atoms with Crippen molar-refractivity contribution in [1.82, 2.24) is 9.80 Å². The number of aliphatic hydroxyl groups is 1. The van der Waals surface area contributed by atoms with Crippen LogP contribution in [0.15, 0.2) is 42.5 Å². The van der Waals surface area contributed by atoms with Crippen LogP contribution in [-0.2, 0) is 16.8 Å². The first kappa shape index (κ1) is 26.7. The molecule has 2 aromatic rings. The van der Waals surface area contributed by atoms with Crippen LogP contribution in [0.4, 0.5) is 0 Å². The first-order valence-corrected chi connectivity index (χ1v) is 11.3. The van der Waals surface area contributed by atoms with E-state index < -0.39 is 5.54 Å². The van der Waals surface area contributed by atoms with Gasteiger partial charge in [-0.1, -0.05) is 41.4 Å². The summed E-state index contributed by atoms with van der Waals surface area (Å²) in [5.41, 5.74) is 1.34. The lowest BCUT2D eigenvalue weighted by molar-refractivity contribution is -0.136. The summed E-state index contributed by atoms with van der Waals surface area (Å²) in [6.07, 6.45) is 0.868. The number of hydrogen-bond donors (Lipinski definition) is 1. The summed E-state index contributed by atoms with van der Waals surface area (Å²) < 4.78 is 5.76. The van der Waals surface area contributed by atoms with Gasteiger partial charge in [0.05, 0.1) is 28.1 Å². The number of rotatable bonds is 7. The van der Waals surface area contributed by atoms with E-state index in [0.717, 1.165) is 16.9 Å². The standard InChI is InChI=1S/C24H30Cl2N2O3.ClH/c1-17(2)31-20-6-4-5-18(13-20)14-23(30)28-11-10-27(3)24(16-28,9-12-29)19-7-8-21(25)22(26)15-19;/h4-8,13,15,17,29H,9-12,14,16H2,1-3H3;1H. The smallest absolute Gasteiger partial charge is 0.227 e. The van der Waals surface area contributed by atoms with Gasteiger partial charge >= 0.3 is 0 Å². The number of ether oxygens (including phenoxy) is 1. The molecule has 1 saturated heterocycles. The number of piperazine rings is 1. The predicted molar refractivity (Wildman–Crippen MR) is 132 cm³/mol. The van der Waals surface area contributed by atoms with E-state index in [4.69, 9.17) is 27.9 Å². The number of carbonyl (C=O) groups is 1. The summed E-state index contributed by atoms with van der Waals surface area (Å²) in [5, 5.41) is 10.8. The Bertz CT molecular complexity index is 925. The zero-order chi connectivity index (χ0) is 22.6. The third-order valence-corrected chi connectivity index (χ3v) is 6.59. The molecule has 1 N–H and O–H groups in total. The first-order chi connectivity index (χ1) is 14.7. The fourth-order valence-corrected chi connectivity index (χ4v) is 4.50. The van der Waals surface area contributed by atoms with Crippen LogP contribution in [0.1, 0.15) is 31.4 Å². The Morgan fingerprint density at radius 2 is 1.91 bits per heavy atom. The highest BCUT2D eigenvalue weighted by molar-refractivity contribution is 6.42. The van der Waals surface area contributed by atoms with Gasteiger partial charge in [-0.15, -0.1) is 12.4 Å². The van der Waals surface area contributed by atoms with Crippen LogP contribution >= 0.6 is 35.6 Å². The van der Waals surface area contributed by atoms with Crippen LogP contribution < -0.4 is 4.74 Å². The normalized spacial score (nSPS) is 19.0. The highest BCUT2D eigenvalue weighted by Crippen LogP contribution is 2.37. The van der Waals surface area contributed by atoms with Crippen LogP contribution in [0.5, 0.6) is 5.75 Å². The molecule has 32 heavy (non-hydrogen) atoms. The quantitative estimate of drug-likeness (QED) is 0.592. The number of carbonyl (C=O) groups excluding carboxylic acids is 1. The molecule has 1 aliphatic heterocycles. The molecule has 1 fully saturated rings. The molecule has 3 rings (SSSR count). The van der Waals surface area contributed by atoms with Crippen molar-refractivity contribution in [2.75, 3.05) is 33.3 Å². The SMILES string of the molecule is CC(C)Oc1cccc(CC(=O)N2CCN(C)C(CCO)(c3ccc(Cl)c(Cl)c3)C2)c1.Cl. The van der Waals surface area contributed by atoms with Crippen molar-refractivity contribution in [2.24, 2.45) is 0 Å². The molecule has 1 heterocycles. The molecule has 2 aromatic carbocycles. The molecule has 0 saturated carbocycles. The van der Waals surface area contributed by atoms with Gasteiger partial charge in [-0.3, -0.25) is 9.69 Å². The van der Waals surface area contributed by atoms with E-state index in [0.29, 0.717) is 42.5 Å². The van der Waals surface area contributed by atoms with Gasteiger partial charge in [0.1, 0.15) is 5.75 Å². The minimum atomic E-state index is -0.528. The highest BCUT2D eigenvalue weighted by atomic mass is 35.5. The van der Waals surface area contributed by atoms with E-state index in [9.17, 15) is 9.90 Å². The number of benzene rings is 2. The van der Waals surface area contributed by atoms with Gasteiger partial charge in [0, 0.05) is 26.2 Å². The molecular formula is C24H31Cl3N2O3. The molecule has 1 atom stereocenters. The molecule has 1 unspecified atom stereocenters. The van der Waals surface area contributed by atoms with Crippen LogP contribution in [0, 0.1) is 0 Å². The van der Waals surface area contributed by atoms with Gasteiger partial charge < -0.3 is 14.7 Å². The topological polar surface area (TPSA) is 53.0 Å². The van der Waals surface area contributed by atoms with Crippen LogP contribution in [0.25, 0.3) is 0 Å². The van der Waals surface area contributed by atoms with Crippen molar-refractivity contribution in [1.29, 1.82) is 0 Å². The van der Waals surface area contributed by atoms with Crippen LogP contribution in [-0.4, -0.2) is 60.2 Å². The molecule has 1 aliphatic rings. The summed E-state index contributed by atoms with van der Waals surface area (Å²) in [6.45, 7) is 5.76. The Morgan fingerprint density at radius 1 is 1.16 bits per heavy atom. The largest absolute Gasteiger partial charge is 0.491 e. The molecule has 0 spiro atoms. The van der Waals surface area contributed by atoms with Gasteiger partial charge in [0.2, 0.25) is 5.91 Å². The molecule has 0 aliphatic carbocycles. The van der Waals surface area contributed by atoms with E-state index in [1.807, 2.05) is 62.2 Å². The van der Waals surface area contributed by atoms with E-state index in [-0.39, 0.29) is 31.0 Å². The second-order valence-electron chi connectivity index (χ2n) is 8.36. The van der Waals surface area contributed by atoms with Crippen molar-refractivity contribution in [3.05, 3.63) is 63.6 Å². The lowest BCUT2D eigenvalue weighted by Crippen LogP contribution is -2.60. The fourth-order valence-electron chi connectivity index (χ4n) is 4.20. The van der Waals surface area contributed by atoms with E-state index in [1.165, 1.54) is 0 Å². The number of likely N-dealkylation sites (N-methyl/N-ethyl adjacent to an activating group) is 1. The third-order valence-electron chi connectivity index (χ3n) is 5.85. The van der Waals surface area contributed by atoms with Gasteiger partial charge in [-0.25, -0.2) is 0 Å². The maximum absolute atomic E-state index is 13.2. The zero-order valence-corrected chi connectivity index (χ0v) is 21.0. The minimum Gasteiger partial charge on any atom is -0.491 e. The third kappa shape index (κ3) is 6.09. The molecule has 176 valence electrons. The van der Waals surface area contributed by atoms with Gasteiger partial charge in [-0.2, -0.15) is 0 Å². The summed E-state index contributed by atoms with van der Waals surface area (Å²) >= 11 is 12.4. The summed E-state index contributed by atoms with van der Waals surface area (Å²) in [4.78, 5) is 17.3. The van der Waals surface area contributed by atoms with E-state index in [2.05, 4.69) is 4.90 Å². The Kier molecular flexibility index (Phi) is 9.68. The molecular weight excluding hydrogens is 471 g/mol. The van der Waals surface area contributed by atoms with Crippen molar-refractivity contribution in [3.63, 3.8) is 0 Å². The molecule has 8 heteroatoms. The first-order valence-electron chi connectivity index (χ1n) is 10.6. The van der Waals surface area contributed by atoms with Crippen molar-refractivity contribution in [3.8, 4) is 5.75 Å². The summed E-state index contributed by atoms with van der Waals surface area (Å²) in [6, 6.07) is 13.2. The summed E-state index contributed by atoms with van der Waals surface area (Å²) in [7, 11) is 2.02. The Morgan fingerprint density at radius 3 is 2.56 bits per heavy atom. The lowest BCUT2D eigenvalue weighted by atomic mass is 9.83. The predicted octanol–water partition coefficient (Wildman–Crippen LogP) is 4.80. The number of nitrogens with zero attached hydrogens (tertiary/aromatic N) is 2. The number of halogens is 3. The highest BCUT2D eigenvalue weighted by Gasteiger charge is 2.42. The van der Waals surface area contributed by atoms with Crippen molar-refractivity contribution < 1.29 is 14.6 Å². The second-order valence-corrected chi connectivity index (χ2v) is 9.18. The Hall–Kier alpha value is -1.50. The zero-order valence-electron chi connectivity index (χ0n) is 18.7. The van der Waals surface area contributed by atoms with Gasteiger partial charge in [0.25, 0.3) is 0 Å². The minimum absolute atomic E-state index is 0. The van der Waals surface area contributed by atoms with Crippen molar-refractivity contribution in [2.45, 2.75) is 38.3 Å². The lowest BCUT2D eigenvalue weighted by Gasteiger charge is -2.50. The molecule has 0 radical (unpaired) electrons. The average molecular weight is 502 g/mol.